The molecule has 0 saturated carbocycles. The van der Waals surface area contributed by atoms with Crippen molar-refractivity contribution in [2.75, 3.05) is 12.8 Å². The Hall–Kier alpha value is -9.01. The van der Waals surface area contributed by atoms with E-state index in [9.17, 15) is 18.0 Å². The predicted molar refractivity (Wildman–Crippen MR) is 452 cm³/mol. The van der Waals surface area contributed by atoms with Crippen LogP contribution in [0.15, 0.2) is 400 Å². The molecule has 530 valence electrons. The number of sulfonamides is 1. The van der Waals surface area contributed by atoms with Crippen LogP contribution in [0.3, 0.4) is 0 Å². The van der Waals surface area contributed by atoms with Gasteiger partial charge in [-0.05, 0) is 131 Å². The molecule has 0 radical (unpaired) electrons. The largest absolute Gasteiger partial charge is 0.481 e. The van der Waals surface area contributed by atoms with Gasteiger partial charge in [-0.15, -0.1) is 11.3 Å². The van der Waals surface area contributed by atoms with Gasteiger partial charge in [-0.25, -0.2) is 8.42 Å². The number of carbonyl (C=O) groups excluding carboxylic acids is 1. The van der Waals surface area contributed by atoms with Crippen molar-refractivity contribution in [1.82, 2.24) is 4.31 Å². The van der Waals surface area contributed by atoms with Crippen LogP contribution in [0.2, 0.25) is 0 Å². The molecular formula is C92H85NO5P4PdS2. The van der Waals surface area contributed by atoms with Crippen LogP contribution in [0.5, 0.6) is 0 Å². The number of nitrogens with zero attached hydrogens (tertiary/aromatic N) is 1. The number of aliphatic carboxylic acids is 1. The van der Waals surface area contributed by atoms with Crippen molar-refractivity contribution in [3.63, 3.8) is 0 Å². The third-order valence-corrected chi connectivity index (χ3v) is 28.6. The maximum Gasteiger partial charge on any atom is 0.303 e. The molecule has 0 bridgehead atoms. The van der Waals surface area contributed by atoms with E-state index in [1.807, 2.05) is 29.6 Å². The van der Waals surface area contributed by atoms with E-state index in [1.54, 1.807) is 6.07 Å². The van der Waals surface area contributed by atoms with Crippen LogP contribution in [0.1, 0.15) is 48.0 Å². The molecule has 6 nitrogen and oxygen atoms in total. The van der Waals surface area contributed by atoms with Gasteiger partial charge in [0.1, 0.15) is 0 Å². The number of hydrogen-bond acceptors (Lipinski definition) is 5. The molecule has 0 spiro atoms. The topological polar surface area (TPSA) is 91.8 Å². The summed E-state index contributed by atoms with van der Waals surface area (Å²) >= 11 is 1.50. The van der Waals surface area contributed by atoms with Gasteiger partial charge in [0.15, 0.2) is 6.29 Å². The standard InChI is InChI=1S/C20H25NO5S2.4C18H15P.Pd/c1-28(25,26)21(12-5-3-2-4-6-19(23)24)14-16-7-9-17(10-8-16)20-18(15-22)11-13-27-20;4*1-4-10-16(11-5-1)19(17-12-6-2-7-13-17)18-14-8-3-9-15-18;/h7-11,13,15H,2-6,12,14H2,1H3,(H,23,24);4*1-15H;. The summed E-state index contributed by atoms with van der Waals surface area (Å²) in [5.41, 5.74) is 2.47. The number of benzene rings is 13. The molecule has 14 rings (SSSR count). The molecule has 105 heavy (non-hydrogen) atoms. The number of carboxylic acids is 1. The van der Waals surface area contributed by atoms with Crippen LogP contribution < -0.4 is 63.7 Å². The number of hydrogen-bond donors (Lipinski definition) is 1. The van der Waals surface area contributed by atoms with Crippen LogP contribution >= 0.6 is 43.0 Å². The normalized spacial score (nSPS) is 10.8. The minimum Gasteiger partial charge on any atom is -0.481 e. The fourth-order valence-electron chi connectivity index (χ4n) is 11.6. The minimum atomic E-state index is -3.34. The van der Waals surface area contributed by atoms with Crippen molar-refractivity contribution >= 4 is 129 Å². The molecule has 14 aromatic rings. The van der Waals surface area contributed by atoms with Crippen LogP contribution in [-0.4, -0.2) is 42.9 Å². The quantitative estimate of drug-likeness (QED) is 0.0282. The molecular weight excluding hydrogens is 1490 g/mol. The van der Waals surface area contributed by atoms with Gasteiger partial charge in [0.25, 0.3) is 0 Å². The maximum absolute atomic E-state index is 12.1. The van der Waals surface area contributed by atoms with Gasteiger partial charge >= 0.3 is 5.97 Å². The summed E-state index contributed by atoms with van der Waals surface area (Å²) in [7, 11) is -5.12. The van der Waals surface area contributed by atoms with Gasteiger partial charge in [-0.1, -0.05) is 401 Å². The Morgan fingerprint density at radius 2 is 0.571 bits per heavy atom. The smallest absolute Gasteiger partial charge is 0.303 e. The molecule has 0 saturated heterocycles. The Morgan fingerprint density at radius 1 is 0.343 bits per heavy atom. The summed E-state index contributed by atoms with van der Waals surface area (Å²) in [6.07, 6.45) is 5.07. The van der Waals surface area contributed by atoms with Gasteiger partial charge in [-0.3, -0.25) is 9.59 Å². The Labute approximate surface area is 644 Å². The SMILES string of the molecule is CS(=O)(=O)N(CCCCCCC(=O)O)Cc1ccc(-c2sccc2C=O)cc1.[Pd].c1ccc(P(c2ccccc2)c2ccccc2)cc1.c1ccc(P(c2ccccc2)c2ccccc2)cc1.c1ccc(P(c2ccccc2)c2ccccc2)cc1.c1ccc(P(c2ccccc2)c2ccccc2)cc1. The third-order valence-electron chi connectivity index (χ3n) is 16.6. The van der Waals surface area contributed by atoms with Gasteiger partial charge in [-0.2, -0.15) is 4.31 Å². The number of rotatable bonds is 24. The van der Waals surface area contributed by atoms with Gasteiger partial charge in [0.05, 0.1) is 6.26 Å². The second kappa shape index (κ2) is 44.1. The Kier molecular flexibility index (Phi) is 33.6. The van der Waals surface area contributed by atoms with Crippen LogP contribution in [0.25, 0.3) is 10.4 Å². The zero-order valence-corrected chi connectivity index (χ0v) is 65.3. The Morgan fingerprint density at radius 3 is 0.781 bits per heavy atom. The van der Waals surface area contributed by atoms with Gasteiger partial charge in [0, 0.05) is 50.4 Å². The van der Waals surface area contributed by atoms with E-state index in [4.69, 9.17) is 5.11 Å². The number of thiophene rings is 1. The molecule has 0 unspecified atom stereocenters. The number of carboxylic acid groups (broad SMARTS) is 1. The summed E-state index contributed by atoms with van der Waals surface area (Å²) < 4.78 is 25.6. The van der Waals surface area contributed by atoms with Gasteiger partial charge < -0.3 is 5.11 Å². The predicted octanol–water partition coefficient (Wildman–Crippen LogP) is 17.8. The molecule has 0 fully saturated rings. The molecule has 1 aromatic heterocycles. The average molecular weight is 1580 g/mol. The molecule has 13 heteroatoms. The molecule has 0 atom stereocenters. The molecule has 0 aliphatic rings. The molecule has 1 heterocycles. The maximum atomic E-state index is 12.1. The fraction of sp³-hybridized carbons (Fsp3) is 0.0870. The van der Waals surface area contributed by atoms with Crippen molar-refractivity contribution in [1.29, 1.82) is 0 Å². The number of unbranched alkanes of at least 4 members (excludes halogenated alkanes) is 3. The molecule has 1 N–H and O–H groups in total. The van der Waals surface area contributed by atoms with Crippen molar-refractivity contribution in [2.45, 2.75) is 38.6 Å². The first-order valence-electron chi connectivity index (χ1n) is 34.7. The molecule has 0 aliphatic carbocycles. The second-order valence-electron chi connectivity index (χ2n) is 24.0. The average Bonchev–Trinajstić information content (AvgIpc) is 1.56. The van der Waals surface area contributed by atoms with E-state index in [0.717, 1.165) is 35.1 Å². The first-order chi connectivity index (χ1) is 51.1. The molecule has 13 aromatic carbocycles. The van der Waals surface area contributed by atoms with Gasteiger partial charge in [0.2, 0.25) is 10.0 Å². The van der Waals surface area contributed by atoms with Crippen molar-refractivity contribution in [3.05, 3.63) is 411 Å². The van der Waals surface area contributed by atoms with E-state index in [0.29, 0.717) is 31.5 Å². The zero-order valence-electron chi connectivity index (χ0n) is 58.6. The minimum absolute atomic E-state index is 0. The van der Waals surface area contributed by atoms with Crippen molar-refractivity contribution < 1.29 is 43.5 Å². The van der Waals surface area contributed by atoms with Crippen molar-refractivity contribution in [3.8, 4) is 10.4 Å². The van der Waals surface area contributed by atoms with E-state index in [2.05, 4.69) is 364 Å². The monoisotopic (exact) mass is 1580 g/mol. The number of aldehydes is 1. The summed E-state index contributed by atoms with van der Waals surface area (Å²) in [6, 6.07) is 139. The molecule has 0 amide bonds. The first kappa shape index (κ1) is 80.1. The Bertz CT molecular complexity index is 3980. The van der Waals surface area contributed by atoms with Crippen molar-refractivity contribution in [2.24, 2.45) is 0 Å². The third kappa shape index (κ3) is 25.4. The summed E-state index contributed by atoms with van der Waals surface area (Å²) in [6.45, 7) is 0.701. The second-order valence-corrected chi connectivity index (χ2v) is 35.8. The molecule has 0 aliphatic heterocycles. The summed E-state index contributed by atoms with van der Waals surface area (Å²) in [5.74, 6) is -0.802. The summed E-state index contributed by atoms with van der Waals surface area (Å²) in [5, 5.41) is 27.3. The summed E-state index contributed by atoms with van der Waals surface area (Å²) in [4.78, 5) is 22.5. The fourth-order valence-corrected chi connectivity index (χ4v) is 22.5. The van der Waals surface area contributed by atoms with Crippen LogP contribution in [0.4, 0.5) is 0 Å². The zero-order chi connectivity index (χ0) is 72.2. The number of carbonyl (C=O) groups is 2. The van der Waals surface area contributed by atoms with E-state index >= 15 is 0 Å². The van der Waals surface area contributed by atoms with E-state index < -0.39 is 47.7 Å². The van der Waals surface area contributed by atoms with E-state index in [1.165, 1.54) is 85.6 Å². The Balaban J connectivity index is 0.000000153. The van der Waals surface area contributed by atoms with E-state index in [-0.39, 0.29) is 26.8 Å². The van der Waals surface area contributed by atoms with Crippen LogP contribution in [0, 0.1) is 0 Å². The first-order valence-corrected chi connectivity index (χ1v) is 42.8. The van der Waals surface area contributed by atoms with Crippen LogP contribution in [-0.2, 0) is 41.8 Å².